The third kappa shape index (κ3) is 2.53. The fraction of sp³-hybridized carbons (Fsp3) is 0. The van der Waals surface area contributed by atoms with Crippen molar-refractivity contribution < 1.29 is 0 Å². The molecule has 0 saturated heterocycles. The Kier molecular flexibility index (Phi) is 5.25. The second-order valence-corrected chi connectivity index (χ2v) is 12.0. The second kappa shape index (κ2) is 6.50. The predicted octanol–water partition coefficient (Wildman–Crippen LogP) is 3.35. The van der Waals surface area contributed by atoms with E-state index in [0.29, 0.717) is 0 Å². The zero-order valence-electron chi connectivity index (χ0n) is 12.0. The Balaban J connectivity index is 3.37. The van der Waals surface area contributed by atoms with Gasteiger partial charge in [0.05, 0.1) is 0 Å². The maximum Gasteiger partial charge on any atom is 0.156 e. The first-order valence-corrected chi connectivity index (χ1v) is 11.0. The van der Waals surface area contributed by atoms with Crippen LogP contribution in [0.2, 0.25) is 0 Å². The van der Waals surface area contributed by atoms with E-state index in [1.165, 1.54) is 10.4 Å². The van der Waals surface area contributed by atoms with Crippen LogP contribution in [0.4, 0.5) is 0 Å². The van der Waals surface area contributed by atoms with E-state index in [1.54, 1.807) is 0 Å². The molecule has 0 radical (unpaired) electrons. The quantitative estimate of drug-likeness (QED) is 0.645. The van der Waals surface area contributed by atoms with Crippen LogP contribution in [0.25, 0.3) is 0 Å². The fourth-order valence-electron chi connectivity index (χ4n) is 2.25. The lowest BCUT2D eigenvalue weighted by molar-refractivity contribution is 1.77. The van der Waals surface area contributed by atoms with Gasteiger partial charge in [0, 0.05) is 0 Å². The SMILES string of the molecule is C=C[Si](C=C)(C=C)c1ccc([Si](C=C)(C=C)C=C)cc1. The third-order valence-electron chi connectivity index (χ3n) is 3.91. The van der Waals surface area contributed by atoms with E-state index in [9.17, 15) is 0 Å². The van der Waals surface area contributed by atoms with Crippen molar-refractivity contribution in [2.45, 2.75) is 0 Å². The summed E-state index contributed by atoms with van der Waals surface area (Å²) in [5.74, 6) is 0. The second-order valence-electron chi connectivity index (χ2n) is 4.67. The van der Waals surface area contributed by atoms with Gasteiger partial charge in [-0.05, 0) is 10.4 Å². The summed E-state index contributed by atoms with van der Waals surface area (Å²) in [6.45, 7) is 23.7. The van der Waals surface area contributed by atoms with Crippen LogP contribution in [0.5, 0.6) is 0 Å². The molecule has 0 nitrogen and oxygen atoms in total. The summed E-state index contributed by atoms with van der Waals surface area (Å²) in [7, 11) is -3.95. The Bertz CT molecular complexity index is 455. The normalized spacial score (nSPS) is 11.2. The van der Waals surface area contributed by atoms with Crippen molar-refractivity contribution >= 4 is 26.5 Å². The van der Waals surface area contributed by atoms with Gasteiger partial charge in [-0.15, -0.1) is 39.5 Å². The molecule has 0 aliphatic rings. The number of hydrogen-bond acceptors (Lipinski definition) is 0. The fourth-order valence-corrected chi connectivity index (χ4v) is 6.16. The van der Waals surface area contributed by atoms with Crippen molar-refractivity contribution in [3.05, 3.63) is 97.9 Å². The first-order chi connectivity index (χ1) is 9.57. The molecule has 0 atom stereocenters. The first kappa shape index (κ1) is 16.1. The summed E-state index contributed by atoms with van der Waals surface area (Å²) in [5.41, 5.74) is 11.9. The van der Waals surface area contributed by atoms with Crippen molar-refractivity contribution in [2.75, 3.05) is 0 Å². The predicted molar refractivity (Wildman–Crippen MR) is 98.4 cm³/mol. The van der Waals surface area contributed by atoms with E-state index in [0.717, 1.165) is 0 Å². The lowest BCUT2D eigenvalue weighted by atomic mass is 10.4. The van der Waals surface area contributed by atoms with Crippen molar-refractivity contribution in [1.29, 1.82) is 0 Å². The minimum Gasteiger partial charge on any atom is -0.106 e. The van der Waals surface area contributed by atoms with E-state index in [1.807, 2.05) is 34.2 Å². The number of benzene rings is 1. The molecule has 20 heavy (non-hydrogen) atoms. The molecule has 0 N–H and O–H groups in total. The lowest BCUT2D eigenvalue weighted by Gasteiger charge is -2.24. The Morgan fingerprint density at radius 2 is 0.700 bits per heavy atom. The van der Waals surface area contributed by atoms with Gasteiger partial charge >= 0.3 is 0 Å². The Morgan fingerprint density at radius 1 is 0.500 bits per heavy atom. The van der Waals surface area contributed by atoms with Crippen molar-refractivity contribution in [1.82, 2.24) is 0 Å². The summed E-state index contributed by atoms with van der Waals surface area (Å²) >= 11 is 0. The molecule has 1 aromatic carbocycles. The van der Waals surface area contributed by atoms with Crippen LogP contribution < -0.4 is 10.4 Å². The molecular formula is C18H22Si2. The van der Waals surface area contributed by atoms with Gasteiger partial charge in [0.15, 0.2) is 16.1 Å². The van der Waals surface area contributed by atoms with Crippen LogP contribution in [0.15, 0.2) is 97.9 Å². The molecule has 0 unspecified atom stereocenters. The molecular weight excluding hydrogens is 272 g/mol. The summed E-state index contributed by atoms with van der Waals surface area (Å²) in [4.78, 5) is 0. The Morgan fingerprint density at radius 3 is 0.850 bits per heavy atom. The lowest BCUT2D eigenvalue weighted by Crippen LogP contribution is -2.46. The van der Waals surface area contributed by atoms with Crippen LogP contribution >= 0.6 is 0 Å². The number of hydrogen-bond donors (Lipinski definition) is 0. The molecule has 102 valence electrons. The van der Waals surface area contributed by atoms with Gasteiger partial charge in [0.1, 0.15) is 0 Å². The van der Waals surface area contributed by atoms with Crippen molar-refractivity contribution in [2.24, 2.45) is 0 Å². The minimum absolute atomic E-state index is 1.24. The van der Waals surface area contributed by atoms with Gasteiger partial charge in [0.25, 0.3) is 0 Å². The topological polar surface area (TPSA) is 0 Å². The summed E-state index contributed by atoms with van der Waals surface area (Å²) in [5, 5.41) is 2.47. The highest BCUT2D eigenvalue weighted by Crippen LogP contribution is 2.11. The van der Waals surface area contributed by atoms with E-state index in [4.69, 9.17) is 0 Å². The van der Waals surface area contributed by atoms with Crippen LogP contribution in [-0.4, -0.2) is 16.1 Å². The maximum atomic E-state index is 3.95. The Labute approximate surface area is 124 Å². The van der Waals surface area contributed by atoms with Crippen LogP contribution in [0.3, 0.4) is 0 Å². The highest BCUT2D eigenvalue weighted by Gasteiger charge is 2.27. The largest absolute Gasteiger partial charge is 0.156 e. The zero-order chi connectivity index (χ0) is 15.2. The van der Waals surface area contributed by atoms with Crippen LogP contribution in [-0.2, 0) is 0 Å². The molecule has 0 fully saturated rings. The van der Waals surface area contributed by atoms with Crippen molar-refractivity contribution in [3.8, 4) is 0 Å². The van der Waals surface area contributed by atoms with Gasteiger partial charge in [0.2, 0.25) is 0 Å². The molecule has 0 bridgehead atoms. The molecule has 0 saturated carbocycles. The number of rotatable bonds is 8. The highest BCUT2D eigenvalue weighted by molar-refractivity contribution is 7.04. The standard InChI is InChI=1S/C18H22Si2/c1-7-19(8-2,9-3)17-13-15-18(16-14-17)20(10-4,11-5)12-6/h7-16H,1-6H2. The molecule has 0 amide bonds. The van der Waals surface area contributed by atoms with Gasteiger partial charge in [-0.2, -0.15) is 0 Å². The van der Waals surface area contributed by atoms with E-state index >= 15 is 0 Å². The van der Waals surface area contributed by atoms with E-state index < -0.39 is 16.1 Å². The van der Waals surface area contributed by atoms with Crippen LogP contribution in [0, 0.1) is 0 Å². The average Bonchev–Trinajstić information content (AvgIpc) is 2.53. The molecule has 0 aromatic heterocycles. The van der Waals surface area contributed by atoms with E-state index in [2.05, 4.69) is 63.7 Å². The first-order valence-electron chi connectivity index (χ1n) is 6.50. The molecule has 1 rings (SSSR count). The maximum absolute atomic E-state index is 3.95. The van der Waals surface area contributed by atoms with Gasteiger partial charge in [-0.1, -0.05) is 58.5 Å². The molecule has 0 spiro atoms. The smallest absolute Gasteiger partial charge is 0.106 e. The highest BCUT2D eigenvalue weighted by atomic mass is 28.3. The van der Waals surface area contributed by atoms with Gasteiger partial charge < -0.3 is 0 Å². The van der Waals surface area contributed by atoms with Crippen LogP contribution in [0.1, 0.15) is 0 Å². The summed E-state index contributed by atoms with van der Waals surface area (Å²) in [6, 6.07) is 8.57. The minimum atomic E-state index is -1.98. The van der Waals surface area contributed by atoms with Crippen molar-refractivity contribution in [3.63, 3.8) is 0 Å². The average molecular weight is 295 g/mol. The molecule has 0 aliphatic carbocycles. The molecule has 0 heterocycles. The van der Waals surface area contributed by atoms with Gasteiger partial charge in [-0.3, -0.25) is 0 Å². The third-order valence-corrected chi connectivity index (χ3v) is 10.6. The Hall–Kier alpha value is -1.91. The van der Waals surface area contributed by atoms with Gasteiger partial charge in [-0.25, -0.2) is 0 Å². The molecule has 0 aliphatic heterocycles. The molecule has 1 aromatic rings. The monoisotopic (exact) mass is 294 g/mol. The summed E-state index contributed by atoms with van der Waals surface area (Å²) < 4.78 is 0. The summed E-state index contributed by atoms with van der Waals surface area (Å²) in [6.07, 6.45) is 0. The zero-order valence-corrected chi connectivity index (χ0v) is 14.0. The molecule has 2 heteroatoms. The van der Waals surface area contributed by atoms with E-state index in [-0.39, 0.29) is 0 Å².